The zero-order valence-electron chi connectivity index (χ0n) is 13.8. The third-order valence-corrected chi connectivity index (χ3v) is 4.79. The van der Waals surface area contributed by atoms with Gasteiger partial charge in [-0.15, -0.1) is 11.3 Å². The monoisotopic (exact) mass is 364 g/mol. The Balaban J connectivity index is 1.34. The molecule has 0 radical (unpaired) electrons. The lowest BCUT2D eigenvalue weighted by molar-refractivity contribution is 0.0942. The molecule has 26 heavy (non-hydrogen) atoms. The molecule has 1 aromatic carbocycles. The van der Waals surface area contributed by atoms with Crippen molar-refractivity contribution in [2.75, 3.05) is 0 Å². The van der Waals surface area contributed by atoms with Crippen molar-refractivity contribution in [1.29, 1.82) is 0 Å². The lowest BCUT2D eigenvalue weighted by Gasteiger charge is -2.06. The zero-order chi connectivity index (χ0) is 17.8. The third-order valence-electron chi connectivity index (χ3n) is 3.91. The van der Waals surface area contributed by atoms with Gasteiger partial charge in [0.2, 0.25) is 0 Å². The van der Waals surface area contributed by atoms with Crippen LogP contribution in [0.1, 0.15) is 21.6 Å². The molecule has 0 saturated heterocycles. The first-order valence-corrected chi connectivity index (χ1v) is 8.98. The Labute approximate surface area is 154 Å². The van der Waals surface area contributed by atoms with Crippen molar-refractivity contribution < 1.29 is 9.32 Å². The lowest BCUT2D eigenvalue weighted by Crippen LogP contribution is -2.23. The van der Waals surface area contributed by atoms with Crippen molar-refractivity contribution in [3.8, 4) is 10.6 Å². The fourth-order valence-electron chi connectivity index (χ4n) is 2.54. The number of carbonyl (C=O) groups excluding carboxylic acids is 1. The van der Waals surface area contributed by atoms with Crippen molar-refractivity contribution >= 4 is 17.2 Å². The zero-order valence-corrected chi connectivity index (χ0v) is 14.6. The van der Waals surface area contributed by atoms with E-state index in [0.29, 0.717) is 12.3 Å². The van der Waals surface area contributed by atoms with Crippen LogP contribution in [0.5, 0.6) is 0 Å². The highest BCUT2D eigenvalue weighted by atomic mass is 32.1. The molecule has 6 nitrogen and oxygen atoms in total. The molecule has 0 fully saturated rings. The van der Waals surface area contributed by atoms with Gasteiger partial charge in [-0.25, -0.2) is 4.98 Å². The summed E-state index contributed by atoms with van der Waals surface area (Å²) in [5.41, 5.74) is 2.48. The Kier molecular flexibility index (Phi) is 4.61. The smallest absolute Gasteiger partial charge is 0.273 e. The largest absolute Gasteiger partial charge is 0.355 e. The molecule has 7 heteroatoms. The molecular formula is C19H16N4O2S. The van der Waals surface area contributed by atoms with Crippen LogP contribution in [-0.2, 0) is 13.1 Å². The highest BCUT2D eigenvalue weighted by molar-refractivity contribution is 7.13. The van der Waals surface area contributed by atoms with E-state index in [1.54, 1.807) is 29.9 Å². The minimum absolute atomic E-state index is 0.251. The van der Waals surface area contributed by atoms with Gasteiger partial charge in [0.1, 0.15) is 0 Å². The number of hydrogen-bond donors (Lipinski definition) is 1. The maximum atomic E-state index is 12.2. The maximum absolute atomic E-state index is 12.2. The normalized spacial score (nSPS) is 10.8. The summed E-state index contributed by atoms with van der Waals surface area (Å²) in [4.78, 5) is 17.2. The molecule has 4 aromatic rings. The molecule has 0 aliphatic heterocycles. The Morgan fingerprint density at radius 2 is 2.04 bits per heavy atom. The average molecular weight is 364 g/mol. The summed E-state index contributed by atoms with van der Waals surface area (Å²) in [6.07, 6.45) is 5.48. The van der Waals surface area contributed by atoms with Gasteiger partial charge in [0.15, 0.2) is 11.5 Å². The molecule has 3 aromatic heterocycles. The first-order chi connectivity index (χ1) is 12.8. The van der Waals surface area contributed by atoms with E-state index in [1.165, 1.54) is 5.56 Å². The highest BCUT2D eigenvalue weighted by Gasteiger charge is 2.13. The van der Waals surface area contributed by atoms with Crippen molar-refractivity contribution in [2.45, 2.75) is 13.1 Å². The Hall–Kier alpha value is -3.19. The summed E-state index contributed by atoms with van der Waals surface area (Å²) in [6.45, 7) is 1.21. The number of benzene rings is 1. The van der Waals surface area contributed by atoms with Crippen molar-refractivity contribution in [1.82, 2.24) is 20.0 Å². The Bertz CT molecular complexity index is 973. The van der Waals surface area contributed by atoms with Crippen LogP contribution in [0.4, 0.5) is 0 Å². The predicted octanol–water partition coefficient (Wildman–Crippen LogP) is 3.58. The number of carbonyl (C=O) groups is 1. The molecule has 4 rings (SSSR count). The van der Waals surface area contributed by atoms with Crippen LogP contribution in [0.25, 0.3) is 10.6 Å². The first-order valence-electron chi connectivity index (χ1n) is 8.10. The first kappa shape index (κ1) is 16.3. The van der Waals surface area contributed by atoms with Crippen LogP contribution in [0.2, 0.25) is 0 Å². The van der Waals surface area contributed by atoms with Crippen LogP contribution in [-0.4, -0.2) is 20.6 Å². The summed E-state index contributed by atoms with van der Waals surface area (Å²) in [7, 11) is 0. The molecule has 0 aliphatic carbocycles. The van der Waals surface area contributed by atoms with Crippen LogP contribution in [0.3, 0.4) is 0 Å². The van der Waals surface area contributed by atoms with Crippen LogP contribution in [0, 0.1) is 0 Å². The van der Waals surface area contributed by atoms with Gasteiger partial charge in [0, 0.05) is 31.5 Å². The Morgan fingerprint density at radius 1 is 1.19 bits per heavy atom. The van der Waals surface area contributed by atoms with E-state index in [9.17, 15) is 4.79 Å². The van der Waals surface area contributed by atoms with Gasteiger partial charge < -0.3 is 14.4 Å². The second-order valence-electron chi connectivity index (χ2n) is 5.79. The number of nitrogens with zero attached hydrogens (tertiary/aromatic N) is 3. The van der Waals surface area contributed by atoms with E-state index in [-0.39, 0.29) is 11.6 Å². The van der Waals surface area contributed by atoms with Gasteiger partial charge in [-0.3, -0.25) is 4.79 Å². The van der Waals surface area contributed by atoms with Gasteiger partial charge in [0.25, 0.3) is 5.91 Å². The third kappa shape index (κ3) is 3.73. The van der Waals surface area contributed by atoms with E-state index in [4.69, 9.17) is 4.52 Å². The number of amides is 1. The summed E-state index contributed by atoms with van der Waals surface area (Å²) in [5.74, 6) is 0.355. The quantitative estimate of drug-likeness (QED) is 0.568. The molecule has 0 bridgehead atoms. The Morgan fingerprint density at radius 3 is 2.77 bits per heavy atom. The predicted molar refractivity (Wildman–Crippen MR) is 98.8 cm³/mol. The van der Waals surface area contributed by atoms with Crippen molar-refractivity contribution in [2.24, 2.45) is 0 Å². The molecule has 0 saturated carbocycles. The van der Waals surface area contributed by atoms with Gasteiger partial charge in [-0.2, -0.15) is 0 Å². The highest BCUT2D eigenvalue weighted by Crippen LogP contribution is 2.25. The molecule has 0 unspecified atom stereocenters. The fraction of sp³-hybridized carbons (Fsp3) is 0.105. The summed E-state index contributed by atoms with van der Waals surface area (Å²) < 4.78 is 7.25. The second kappa shape index (κ2) is 7.37. The number of aromatic nitrogens is 3. The van der Waals surface area contributed by atoms with E-state index >= 15 is 0 Å². The van der Waals surface area contributed by atoms with Gasteiger partial charge in [-0.1, -0.05) is 35.5 Å². The SMILES string of the molecule is O=C(NCc1ccc(Cn2ccnc2)cc1)c1cc(-c2cccs2)on1. The number of hydrogen-bond acceptors (Lipinski definition) is 5. The van der Waals surface area contributed by atoms with Crippen LogP contribution >= 0.6 is 11.3 Å². The molecular weight excluding hydrogens is 348 g/mol. The number of nitrogens with one attached hydrogen (secondary N) is 1. The summed E-state index contributed by atoms with van der Waals surface area (Å²) in [5, 5.41) is 8.67. The van der Waals surface area contributed by atoms with Gasteiger partial charge in [-0.05, 0) is 22.6 Å². The van der Waals surface area contributed by atoms with E-state index in [2.05, 4.69) is 15.5 Å². The molecule has 1 amide bonds. The molecule has 130 valence electrons. The molecule has 0 atom stereocenters. The van der Waals surface area contributed by atoms with Crippen LogP contribution in [0.15, 0.2) is 71.1 Å². The fourth-order valence-corrected chi connectivity index (χ4v) is 3.22. The number of thiophene rings is 1. The van der Waals surface area contributed by atoms with Crippen LogP contribution < -0.4 is 5.32 Å². The van der Waals surface area contributed by atoms with E-state index in [0.717, 1.165) is 17.0 Å². The summed E-state index contributed by atoms with van der Waals surface area (Å²) in [6, 6.07) is 13.6. The lowest BCUT2D eigenvalue weighted by atomic mass is 10.1. The minimum Gasteiger partial charge on any atom is -0.355 e. The van der Waals surface area contributed by atoms with Crippen molar-refractivity contribution in [3.05, 3.63) is 83.4 Å². The van der Waals surface area contributed by atoms with Gasteiger partial charge >= 0.3 is 0 Å². The van der Waals surface area contributed by atoms with Crippen molar-refractivity contribution in [3.63, 3.8) is 0 Å². The molecule has 3 heterocycles. The molecule has 0 spiro atoms. The maximum Gasteiger partial charge on any atom is 0.273 e. The summed E-state index contributed by atoms with van der Waals surface area (Å²) >= 11 is 1.54. The molecule has 1 N–H and O–H groups in total. The second-order valence-corrected chi connectivity index (χ2v) is 6.74. The van der Waals surface area contributed by atoms with E-state index < -0.39 is 0 Å². The van der Waals surface area contributed by atoms with E-state index in [1.807, 2.05) is 52.5 Å². The number of imidazole rings is 1. The minimum atomic E-state index is -0.251. The van der Waals surface area contributed by atoms with Gasteiger partial charge in [0.05, 0.1) is 11.2 Å². The molecule has 0 aliphatic rings. The average Bonchev–Trinajstić information content (AvgIpc) is 3.42. The topological polar surface area (TPSA) is 73.0 Å². The number of rotatable bonds is 6. The standard InChI is InChI=1S/C19H16N4O2S/c24-19(16-10-17(25-22-16)18-2-1-9-26-18)21-11-14-3-5-15(6-4-14)12-23-8-7-20-13-23/h1-10,13H,11-12H2,(H,21,24).